The van der Waals surface area contributed by atoms with Crippen molar-refractivity contribution in [1.82, 2.24) is 4.90 Å². The van der Waals surface area contributed by atoms with Gasteiger partial charge in [-0.05, 0) is 37.5 Å². The number of likely N-dealkylation sites (tertiary alicyclic amines) is 1. The molecule has 2 N–H and O–H groups in total. The summed E-state index contributed by atoms with van der Waals surface area (Å²) in [6.07, 6.45) is 2.54. The van der Waals surface area contributed by atoms with E-state index < -0.39 is 0 Å². The number of rotatable bonds is 3. The number of aromatic hydroxyl groups is 1. The van der Waals surface area contributed by atoms with Gasteiger partial charge in [0.1, 0.15) is 5.75 Å². The first kappa shape index (κ1) is 15.1. The van der Waals surface area contributed by atoms with Crippen molar-refractivity contribution in [2.45, 2.75) is 19.8 Å². The molecule has 1 aromatic rings. The molecule has 1 saturated heterocycles. The van der Waals surface area contributed by atoms with Crippen LogP contribution in [-0.2, 0) is 9.59 Å². The Morgan fingerprint density at radius 1 is 1.38 bits per heavy atom. The highest BCUT2D eigenvalue weighted by Crippen LogP contribution is 2.28. The first-order chi connectivity index (χ1) is 10.0. The van der Waals surface area contributed by atoms with Gasteiger partial charge in [0.2, 0.25) is 11.8 Å². The van der Waals surface area contributed by atoms with Crippen molar-refractivity contribution in [2.75, 3.05) is 18.4 Å². The van der Waals surface area contributed by atoms with Crippen molar-refractivity contribution in [3.05, 3.63) is 36.4 Å². The zero-order valence-corrected chi connectivity index (χ0v) is 12.1. The topological polar surface area (TPSA) is 69.6 Å². The van der Waals surface area contributed by atoms with E-state index in [4.69, 9.17) is 0 Å². The maximum atomic E-state index is 12.3. The van der Waals surface area contributed by atoms with Gasteiger partial charge in [-0.3, -0.25) is 9.59 Å². The highest BCUT2D eigenvalue weighted by molar-refractivity contribution is 5.95. The van der Waals surface area contributed by atoms with Crippen LogP contribution in [0.15, 0.2) is 30.9 Å². The summed E-state index contributed by atoms with van der Waals surface area (Å²) in [6, 6.07) is 5.12. The molecule has 0 bridgehead atoms. The quantitative estimate of drug-likeness (QED) is 0.661. The van der Waals surface area contributed by atoms with Crippen molar-refractivity contribution in [3.8, 4) is 5.75 Å². The number of nitrogens with zero attached hydrogens (tertiary/aromatic N) is 1. The molecule has 2 amide bonds. The lowest BCUT2D eigenvalue weighted by Gasteiger charge is -2.30. The lowest BCUT2D eigenvalue weighted by atomic mass is 9.95. The SMILES string of the molecule is C=CC(=O)N1CCC(C(=O)Nc2c(C)cccc2O)CC1. The van der Waals surface area contributed by atoms with Crippen molar-refractivity contribution in [3.63, 3.8) is 0 Å². The summed E-state index contributed by atoms with van der Waals surface area (Å²) in [5.74, 6) is -0.267. The number of amides is 2. The van der Waals surface area contributed by atoms with E-state index in [-0.39, 0.29) is 23.5 Å². The van der Waals surface area contributed by atoms with E-state index in [9.17, 15) is 14.7 Å². The summed E-state index contributed by atoms with van der Waals surface area (Å²) in [5, 5.41) is 12.6. The maximum absolute atomic E-state index is 12.3. The molecular weight excluding hydrogens is 268 g/mol. The number of piperidine rings is 1. The van der Waals surface area contributed by atoms with Crippen LogP contribution in [0, 0.1) is 12.8 Å². The van der Waals surface area contributed by atoms with Gasteiger partial charge in [-0.2, -0.15) is 0 Å². The molecule has 112 valence electrons. The Labute approximate surface area is 124 Å². The van der Waals surface area contributed by atoms with Gasteiger partial charge in [0, 0.05) is 19.0 Å². The third kappa shape index (κ3) is 3.42. The lowest BCUT2D eigenvalue weighted by molar-refractivity contribution is -0.130. The number of benzene rings is 1. The van der Waals surface area contributed by atoms with Crippen molar-refractivity contribution in [1.29, 1.82) is 0 Å². The Kier molecular flexibility index (Phi) is 4.62. The van der Waals surface area contributed by atoms with Gasteiger partial charge in [0.25, 0.3) is 0 Å². The Bertz CT molecular complexity index is 540. The van der Waals surface area contributed by atoms with Gasteiger partial charge in [0.15, 0.2) is 0 Å². The predicted octanol–water partition coefficient (Wildman–Crippen LogP) is 2.06. The molecule has 0 unspecified atom stereocenters. The van der Waals surface area contributed by atoms with Crippen LogP contribution in [0.25, 0.3) is 0 Å². The fraction of sp³-hybridized carbons (Fsp3) is 0.375. The molecule has 0 aliphatic carbocycles. The van der Waals surface area contributed by atoms with Gasteiger partial charge < -0.3 is 15.3 Å². The fourth-order valence-electron chi connectivity index (χ4n) is 2.53. The van der Waals surface area contributed by atoms with Crippen LogP contribution in [0.3, 0.4) is 0 Å². The normalized spacial score (nSPS) is 15.6. The largest absolute Gasteiger partial charge is 0.506 e. The van der Waals surface area contributed by atoms with Crippen molar-refractivity contribution >= 4 is 17.5 Å². The molecule has 5 nitrogen and oxygen atoms in total. The summed E-state index contributed by atoms with van der Waals surface area (Å²) >= 11 is 0. The van der Waals surface area contributed by atoms with E-state index >= 15 is 0 Å². The van der Waals surface area contributed by atoms with Gasteiger partial charge in [-0.25, -0.2) is 0 Å². The Morgan fingerprint density at radius 3 is 2.62 bits per heavy atom. The molecule has 1 aromatic carbocycles. The molecule has 0 spiro atoms. The van der Waals surface area contributed by atoms with Gasteiger partial charge >= 0.3 is 0 Å². The van der Waals surface area contributed by atoms with E-state index in [1.807, 2.05) is 13.0 Å². The average molecular weight is 288 g/mol. The highest BCUT2D eigenvalue weighted by Gasteiger charge is 2.27. The molecule has 1 aliphatic heterocycles. The minimum Gasteiger partial charge on any atom is -0.506 e. The third-order valence-electron chi connectivity index (χ3n) is 3.85. The molecule has 1 aliphatic rings. The van der Waals surface area contributed by atoms with E-state index in [0.717, 1.165) is 5.56 Å². The molecular formula is C16H20N2O3. The third-order valence-corrected chi connectivity index (χ3v) is 3.85. The minimum atomic E-state index is -0.141. The van der Waals surface area contributed by atoms with Crippen LogP contribution >= 0.6 is 0 Å². The number of phenolic OH excluding ortho intramolecular Hbond substituents is 1. The first-order valence-electron chi connectivity index (χ1n) is 7.03. The van der Waals surface area contributed by atoms with Crippen LogP contribution in [-0.4, -0.2) is 34.9 Å². The van der Waals surface area contributed by atoms with E-state index in [1.165, 1.54) is 6.08 Å². The predicted molar refractivity (Wildman–Crippen MR) is 81.0 cm³/mol. The number of carbonyl (C=O) groups is 2. The zero-order chi connectivity index (χ0) is 15.4. The molecule has 0 saturated carbocycles. The monoisotopic (exact) mass is 288 g/mol. The number of phenols is 1. The van der Waals surface area contributed by atoms with Crippen LogP contribution in [0.2, 0.25) is 0 Å². The van der Waals surface area contributed by atoms with Gasteiger partial charge in [0.05, 0.1) is 5.69 Å². The summed E-state index contributed by atoms with van der Waals surface area (Å²) in [5.41, 5.74) is 1.29. The van der Waals surface area contributed by atoms with Crippen LogP contribution in [0.1, 0.15) is 18.4 Å². The molecule has 0 radical (unpaired) electrons. The molecule has 21 heavy (non-hydrogen) atoms. The number of nitrogens with one attached hydrogen (secondary N) is 1. The minimum absolute atomic E-state index is 0.0719. The second-order valence-electron chi connectivity index (χ2n) is 5.26. The van der Waals surface area contributed by atoms with E-state index in [2.05, 4.69) is 11.9 Å². The lowest BCUT2D eigenvalue weighted by Crippen LogP contribution is -2.40. The Morgan fingerprint density at radius 2 is 2.05 bits per heavy atom. The second kappa shape index (κ2) is 6.43. The van der Waals surface area contributed by atoms with Crippen LogP contribution < -0.4 is 5.32 Å². The number of para-hydroxylation sites is 1. The molecule has 1 fully saturated rings. The molecule has 1 heterocycles. The summed E-state index contributed by atoms with van der Waals surface area (Å²) in [7, 11) is 0. The van der Waals surface area contributed by atoms with E-state index in [1.54, 1.807) is 17.0 Å². The van der Waals surface area contributed by atoms with Gasteiger partial charge in [-0.1, -0.05) is 18.7 Å². The molecule has 0 aromatic heterocycles. The van der Waals surface area contributed by atoms with Gasteiger partial charge in [-0.15, -0.1) is 0 Å². The summed E-state index contributed by atoms with van der Waals surface area (Å²) in [6.45, 7) is 6.42. The standard InChI is InChI=1S/C16H20N2O3/c1-3-14(20)18-9-7-12(8-10-18)16(21)17-15-11(2)5-4-6-13(15)19/h3-6,12,19H,1,7-10H2,2H3,(H,17,21). The maximum Gasteiger partial charge on any atom is 0.245 e. The highest BCUT2D eigenvalue weighted by atomic mass is 16.3. The zero-order valence-electron chi connectivity index (χ0n) is 12.1. The second-order valence-corrected chi connectivity index (χ2v) is 5.26. The molecule has 2 rings (SSSR count). The average Bonchev–Trinajstić information content (AvgIpc) is 2.50. The summed E-state index contributed by atoms with van der Waals surface area (Å²) in [4.78, 5) is 25.5. The number of hydrogen-bond acceptors (Lipinski definition) is 3. The smallest absolute Gasteiger partial charge is 0.245 e. The molecule has 5 heteroatoms. The Balaban J connectivity index is 1.97. The van der Waals surface area contributed by atoms with Crippen molar-refractivity contribution in [2.24, 2.45) is 5.92 Å². The van der Waals surface area contributed by atoms with Crippen molar-refractivity contribution < 1.29 is 14.7 Å². The summed E-state index contributed by atoms with van der Waals surface area (Å²) < 4.78 is 0. The fourth-order valence-corrected chi connectivity index (χ4v) is 2.53. The first-order valence-corrected chi connectivity index (χ1v) is 7.03. The van der Waals surface area contributed by atoms with E-state index in [0.29, 0.717) is 31.6 Å². The number of hydrogen-bond donors (Lipinski definition) is 2. The number of aryl methyl sites for hydroxylation is 1. The number of anilines is 1. The number of carbonyl (C=O) groups excluding carboxylic acids is 2. The molecule has 0 atom stereocenters. The Hall–Kier alpha value is -2.30. The van der Waals surface area contributed by atoms with Crippen LogP contribution in [0.4, 0.5) is 5.69 Å². The van der Waals surface area contributed by atoms with Crippen LogP contribution in [0.5, 0.6) is 5.75 Å².